The summed E-state index contributed by atoms with van der Waals surface area (Å²) in [6.45, 7) is 4.96. The molecule has 0 spiro atoms. The van der Waals surface area contributed by atoms with Crippen LogP contribution in [0.2, 0.25) is 0 Å². The van der Waals surface area contributed by atoms with Crippen LogP contribution in [0.15, 0.2) is 40.8 Å². The number of carbonyl (C=O) groups is 3. The fraction of sp³-hybridized carbons (Fsp3) is 0.316. The van der Waals surface area contributed by atoms with Crippen LogP contribution in [0.1, 0.15) is 48.1 Å². The lowest BCUT2D eigenvalue weighted by molar-refractivity contribution is -0.124. The fourth-order valence-electron chi connectivity index (χ4n) is 2.09. The number of hydrogen-bond acceptors (Lipinski definition) is 5. The van der Waals surface area contributed by atoms with E-state index in [1.165, 1.54) is 13.0 Å². The molecule has 1 atom stereocenters. The zero-order valence-electron chi connectivity index (χ0n) is 14.5. The van der Waals surface area contributed by atoms with Crippen LogP contribution >= 0.6 is 0 Å². The number of ether oxygens (including phenoxy) is 1. The van der Waals surface area contributed by atoms with Gasteiger partial charge in [0, 0.05) is 17.2 Å². The van der Waals surface area contributed by atoms with Crippen molar-refractivity contribution in [1.82, 2.24) is 5.32 Å². The van der Waals surface area contributed by atoms with Crippen molar-refractivity contribution in [3.05, 3.63) is 47.7 Å². The molecule has 6 nitrogen and oxygen atoms in total. The van der Waals surface area contributed by atoms with Gasteiger partial charge < -0.3 is 14.5 Å². The first-order valence-corrected chi connectivity index (χ1v) is 8.08. The van der Waals surface area contributed by atoms with Crippen LogP contribution in [0.4, 0.5) is 0 Å². The Hall–Kier alpha value is -2.89. The molecule has 1 aromatic carbocycles. The molecule has 0 aliphatic rings. The molecule has 0 saturated heterocycles. The smallest absolute Gasteiger partial charge is 0.374 e. The maximum atomic E-state index is 12.0. The second kappa shape index (κ2) is 8.28. The molecule has 1 aromatic heterocycles. The molecule has 0 bridgehead atoms. The predicted octanol–water partition coefficient (Wildman–Crippen LogP) is 3.22. The van der Waals surface area contributed by atoms with Gasteiger partial charge in [0.1, 0.15) is 5.76 Å². The molecule has 0 fully saturated rings. The number of amides is 1. The summed E-state index contributed by atoms with van der Waals surface area (Å²) in [6, 6.07) is 10.0. The number of esters is 1. The highest BCUT2D eigenvalue weighted by atomic mass is 16.5. The van der Waals surface area contributed by atoms with E-state index in [0.717, 1.165) is 12.0 Å². The molecule has 1 heterocycles. The topological polar surface area (TPSA) is 85.6 Å². The zero-order chi connectivity index (χ0) is 18.4. The van der Waals surface area contributed by atoms with E-state index in [1.807, 2.05) is 13.8 Å². The molecular formula is C19H21NO5. The molecule has 0 aliphatic heterocycles. The van der Waals surface area contributed by atoms with Gasteiger partial charge >= 0.3 is 5.97 Å². The number of benzene rings is 1. The summed E-state index contributed by atoms with van der Waals surface area (Å²) in [5.41, 5.74) is 1.33. The Kier molecular flexibility index (Phi) is 6.11. The van der Waals surface area contributed by atoms with E-state index in [1.54, 1.807) is 30.3 Å². The molecule has 2 rings (SSSR count). The van der Waals surface area contributed by atoms with Crippen molar-refractivity contribution in [3.63, 3.8) is 0 Å². The molecule has 0 unspecified atom stereocenters. The van der Waals surface area contributed by atoms with Crippen molar-refractivity contribution < 1.29 is 23.5 Å². The quantitative estimate of drug-likeness (QED) is 0.616. The van der Waals surface area contributed by atoms with E-state index in [0.29, 0.717) is 11.3 Å². The van der Waals surface area contributed by atoms with Crippen molar-refractivity contribution in [2.75, 3.05) is 6.61 Å². The molecule has 0 radical (unpaired) electrons. The lowest BCUT2D eigenvalue weighted by Gasteiger charge is -2.10. The lowest BCUT2D eigenvalue weighted by Crippen LogP contribution is -2.35. The third-order valence-electron chi connectivity index (χ3n) is 3.74. The minimum atomic E-state index is -0.703. The van der Waals surface area contributed by atoms with Crippen molar-refractivity contribution in [1.29, 1.82) is 0 Å². The first-order valence-electron chi connectivity index (χ1n) is 8.08. The summed E-state index contributed by atoms with van der Waals surface area (Å²) in [6.07, 6.45) is 0.795. The summed E-state index contributed by atoms with van der Waals surface area (Å²) >= 11 is 0. The second-order valence-corrected chi connectivity index (χ2v) is 5.75. The third-order valence-corrected chi connectivity index (χ3v) is 3.74. The molecule has 1 amide bonds. The predicted molar refractivity (Wildman–Crippen MR) is 92.3 cm³/mol. The number of hydrogen-bond donors (Lipinski definition) is 1. The van der Waals surface area contributed by atoms with Gasteiger partial charge in [0.25, 0.3) is 5.91 Å². The van der Waals surface area contributed by atoms with Gasteiger partial charge in [-0.05, 0) is 32.4 Å². The van der Waals surface area contributed by atoms with Gasteiger partial charge in [0.05, 0.1) is 0 Å². The number of Topliss-reactive ketones (excluding diaryl/α,β-unsaturated/α-hetero) is 1. The molecule has 0 saturated carbocycles. The van der Waals surface area contributed by atoms with Gasteiger partial charge in [-0.1, -0.05) is 31.2 Å². The van der Waals surface area contributed by atoms with E-state index in [9.17, 15) is 14.4 Å². The van der Waals surface area contributed by atoms with Gasteiger partial charge in [-0.3, -0.25) is 9.59 Å². The van der Waals surface area contributed by atoms with E-state index in [2.05, 4.69) is 5.32 Å². The highest BCUT2D eigenvalue weighted by molar-refractivity contribution is 5.94. The van der Waals surface area contributed by atoms with Gasteiger partial charge in [0.2, 0.25) is 5.76 Å². The number of furan rings is 1. The highest BCUT2D eigenvalue weighted by Gasteiger charge is 2.16. The summed E-state index contributed by atoms with van der Waals surface area (Å²) < 4.78 is 10.4. The van der Waals surface area contributed by atoms with E-state index >= 15 is 0 Å². The standard InChI is InChI=1S/C19H21NO5/c1-4-12(2)20-18(22)11-24-19(23)17-10-9-16(25-17)15-7-5-14(6-8-15)13(3)21/h5-10,12H,4,11H2,1-3H3,(H,20,22)/t12-/m0/s1. The largest absolute Gasteiger partial charge is 0.450 e. The molecule has 0 aliphatic carbocycles. The lowest BCUT2D eigenvalue weighted by atomic mass is 10.1. The number of nitrogens with one attached hydrogen (secondary N) is 1. The number of rotatable bonds is 7. The zero-order valence-corrected chi connectivity index (χ0v) is 14.5. The van der Waals surface area contributed by atoms with Crippen molar-refractivity contribution in [2.24, 2.45) is 0 Å². The van der Waals surface area contributed by atoms with Crippen LogP contribution in [-0.2, 0) is 9.53 Å². The average molecular weight is 343 g/mol. The summed E-state index contributed by atoms with van der Waals surface area (Å²) in [5, 5.41) is 2.71. The Morgan fingerprint density at radius 3 is 2.40 bits per heavy atom. The SMILES string of the molecule is CC[C@H](C)NC(=O)COC(=O)c1ccc(-c2ccc(C(C)=O)cc2)o1. The Bertz CT molecular complexity index is 760. The molecular weight excluding hydrogens is 322 g/mol. The molecule has 132 valence electrons. The molecule has 1 N–H and O–H groups in total. The molecule has 2 aromatic rings. The van der Waals surface area contributed by atoms with Crippen LogP contribution in [0.3, 0.4) is 0 Å². The minimum Gasteiger partial charge on any atom is -0.450 e. The summed E-state index contributed by atoms with van der Waals surface area (Å²) in [4.78, 5) is 34.8. The maximum Gasteiger partial charge on any atom is 0.374 e. The van der Waals surface area contributed by atoms with Gasteiger partial charge in [-0.25, -0.2) is 4.79 Å². The van der Waals surface area contributed by atoms with E-state index in [-0.39, 0.29) is 30.1 Å². The normalized spacial score (nSPS) is 11.6. The second-order valence-electron chi connectivity index (χ2n) is 5.75. The summed E-state index contributed by atoms with van der Waals surface area (Å²) in [5.74, 6) is -0.584. The molecule has 6 heteroatoms. The average Bonchev–Trinajstić information content (AvgIpc) is 3.09. The van der Waals surface area contributed by atoms with Gasteiger partial charge in [-0.15, -0.1) is 0 Å². The van der Waals surface area contributed by atoms with E-state index < -0.39 is 5.97 Å². The van der Waals surface area contributed by atoms with Crippen LogP contribution < -0.4 is 5.32 Å². The Labute approximate surface area is 146 Å². The fourth-order valence-corrected chi connectivity index (χ4v) is 2.09. The summed E-state index contributed by atoms with van der Waals surface area (Å²) in [7, 11) is 0. The Morgan fingerprint density at radius 2 is 1.80 bits per heavy atom. The number of carbonyl (C=O) groups excluding carboxylic acids is 3. The van der Waals surface area contributed by atoms with Crippen molar-refractivity contribution >= 4 is 17.7 Å². The van der Waals surface area contributed by atoms with Crippen LogP contribution in [-0.4, -0.2) is 30.3 Å². The monoisotopic (exact) mass is 343 g/mol. The minimum absolute atomic E-state index is 0.0157. The van der Waals surface area contributed by atoms with E-state index in [4.69, 9.17) is 9.15 Å². The van der Waals surface area contributed by atoms with Crippen molar-refractivity contribution in [3.8, 4) is 11.3 Å². The molecule has 25 heavy (non-hydrogen) atoms. The van der Waals surface area contributed by atoms with Crippen molar-refractivity contribution in [2.45, 2.75) is 33.2 Å². The van der Waals surface area contributed by atoms with Crippen LogP contribution in [0, 0.1) is 0 Å². The van der Waals surface area contributed by atoms with Crippen LogP contribution in [0.5, 0.6) is 0 Å². The van der Waals surface area contributed by atoms with Gasteiger partial charge in [0.15, 0.2) is 12.4 Å². The van der Waals surface area contributed by atoms with Gasteiger partial charge in [-0.2, -0.15) is 0 Å². The number of ketones is 1. The first kappa shape index (κ1) is 18.4. The third kappa shape index (κ3) is 5.04. The Morgan fingerprint density at radius 1 is 1.12 bits per heavy atom. The maximum absolute atomic E-state index is 12.0. The Balaban J connectivity index is 1.97. The van der Waals surface area contributed by atoms with Crippen LogP contribution in [0.25, 0.3) is 11.3 Å². The first-order chi connectivity index (χ1) is 11.9. The highest BCUT2D eigenvalue weighted by Crippen LogP contribution is 2.23.